The van der Waals surface area contributed by atoms with Crippen LogP contribution in [0.4, 0.5) is 4.39 Å². The summed E-state index contributed by atoms with van der Waals surface area (Å²) in [4.78, 5) is 0.703. The summed E-state index contributed by atoms with van der Waals surface area (Å²) in [5.74, 6) is 0.0957. The predicted molar refractivity (Wildman–Crippen MR) is 118 cm³/mol. The van der Waals surface area contributed by atoms with E-state index in [1.807, 2.05) is 61.5 Å². The molecule has 0 spiro atoms. The highest BCUT2D eigenvalue weighted by molar-refractivity contribution is 7.19. The number of aromatic nitrogens is 4. The second kappa shape index (κ2) is 7.46. The second-order valence-electron chi connectivity index (χ2n) is 7.35. The molecule has 5 aromatic rings. The third kappa shape index (κ3) is 3.29. The normalized spacial score (nSPS) is 12.4. The van der Waals surface area contributed by atoms with Gasteiger partial charge in [0.15, 0.2) is 5.82 Å². The molecule has 2 aromatic heterocycles. The highest BCUT2D eigenvalue weighted by atomic mass is 32.1. The van der Waals surface area contributed by atoms with E-state index in [4.69, 9.17) is 5.10 Å². The molecule has 0 aliphatic heterocycles. The molecule has 4 nitrogen and oxygen atoms in total. The number of hydrogen-bond acceptors (Lipinski definition) is 4. The van der Waals surface area contributed by atoms with E-state index in [9.17, 15) is 0 Å². The SMILES string of the molecule is Cc1ccc(-c2nn3c(C(C)c4ccc(-c5ccccc5)cc4F)nnc3s2)cc1. The lowest BCUT2D eigenvalue weighted by Crippen LogP contribution is -2.05. The van der Waals surface area contributed by atoms with E-state index in [1.165, 1.54) is 16.9 Å². The van der Waals surface area contributed by atoms with Crippen LogP contribution in [0.5, 0.6) is 0 Å². The Morgan fingerprint density at radius 2 is 1.60 bits per heavy atom. The van der Waals surface area contributed by atoms with Gasteiger partial charge in [-0.2, -0.15) is 9.61 Å². The van der Waals surface area contributed by atoms with Gasteiger partial charge in [-0.3, -0.25) is 0 Å². The van der Waals surface area contributed by atoms with Crippen molar-refractivity contribution in [2.24, 2.45) is 0 Å². The number of rotatable bonds is 4. The summed E-state index contributed by atoms with van der Waals surface area (Å²) >= 11 is 1.48. The van der Waals surface area contributed by atoms with Crippen molar-refractivity contribution in [3.8, 4) is 21.7 Å². The van der Waals surface area contributed by atoms with Crippen molar-refractivity contribution in [1.29, 1.82) is 0 Å². The molecular weight excluding hydrogens is 395 g/mol. The lowest BCUT2D eigenvalue weighted by atomic mass is 9.96. The highest BCUT2D eigenvalue weighted by Gasteiger charge is 2.22. The molecule has 0 saturated heterocycles. The average Bonchev–Trinajstić information content (AvgIpc) is 3.35. The van der Waals surface area contributed by atoms with E-state index in [0.29, 0.717) is 16.3 Å². The summed E-state index contributed by atoms with van der Waals surface area (Å²) < 4.78 is 16.7. The van der Waals surface area contributed by atoms with Gasteiger partial charge in [0.2, 0.25) is 4.96 Å². The average molecular weight is 415 g/mol. The number of benzene rings is 3. The van der Waals surface area contributed by atoms with Crippen molar-refractivity contribution >= 4 is 16.3 Å². The van der Waals surface area contributed by atoms with Crippen LogP contribution in [-0.2, 0) is 0 Å². The Hall–Kier alpha value is -3.38. The van der Waals surface area contributed by atoms with Gasteiger partial charge >= 0.3 is 0 Å². The van der Waals surface area contributed by atoms with Crippen molar-refractivity contribution in [2.75, 3.05) is 0 Å². The van der Waals surface area contributed by atoms with Crippen molar-refractivity contribution < 1.29 is 4.39 Å². The molecule has 0 bridgehead atoms. The standard InChI is InChI=1S/C24H19FN4S/c1-15-8-10-18(11-9-15)23-28-29-22(26-27-24(29)30-23)16(2)20-13-12-19(14-21(20)25)17-6-4-3-5-7-17/h3-14,16H,1-2H3. The third-order valence-corrected chi connectivity index (χ3v) is 6.22. The smallest absolute Gasteiger partial charge is 0.207 e. The molecule has 0 N–H and O–H groups in total. The largest absolute Gasteiger partial charge is 0.235 e. The molecule has 3 aromatic carbocycles. The first-order chi connectivity index (χ1) is 14.6. The molecule has 0 saturated carbocycles. The topological polar surface area (TPSA) is 43.1 Å². The maximum absolute atomic E-state index is 15.0. The fraction of sp³-hybridized carbons (Fsp3) is 0.125. The van der Waals surface area contributed by atoms with Crippen molar-refractivity contribution in [3.05, 3.63) is 95.6 Å². The summed E-state index contributed by atoms with van der Waals surface area (Å²) in [5, 5.41) is 14.1. The monoisotopic (exact) mass is 414 g/mol. The van der Waals surface area contributed by atoms with Crippen LogP contribution in [0, 0.1) is 12.7 Å². The molecule has 148 valence electrons. The summed E-state index contributed by atoms with van der Waals surface area (Å²) in [5.41, 5.74) is 4.65. The van der Waals surface area contributed by atoms with Gasteiger partial charge in [0.1, 0.15) is 10.8 Å². The molecule has 2 heterocycles. The lowest BCUT2D eigenvalue weighted by molar-refractivity contribution is 0.595. The molecule has 0 amide bonds. The first kappa shape index (κ1) is 18.6. The zero-order valence-corrected chi connectivity index (χ0v) is 17.4. The van der Waals surface area contributed by atoms with E-state index in [-0.39, 0.29) is 11.7 Å². The Balaban J connectivity index is 1.50. The van der Waals surface area contributed by atoms with Crippen molar-refractivity contribution in [3.63, 3.8) is 0 Å². The van der Waals surface area contributed by atoms with Crippen LogP contribution < -0.4 is 0 Å². The minimum absolute atomic E-state index is 0.255. The van der Waals surface area contributed by atoms with E-state index in [1.54, 1.807) is 10.6 Å². The second-order valence-corrected chi connectivity index (χ2v) is 8.31. The molecular formula is C24H19FN4S. The predicted octanol–water partition coefficient (Wildman–Crippen LogP) is 6.12. The van der Waals surface area contributed by atoms with E-state index >= 15 is 4.39 Å². The zero-order valence-electron chi connectivity index (χ0n) is 16.6. The van der Waals surface area contributed by atoms with Gasteiger partial charge in [0.25, 0.3) is 0 Å². The van der Waals surface area contributed by atoms with Gasteiger partial charge in [-0.25, -0.2) is 4.39 Å². The highest BCUT2D eigenvalue weighted by Crippen LogP contribution is 2.31. The fourth-order valence-corrected chi connectivity index (χ4v) is 4.39. The number of nitrogens with zero attached hydrogens (tertiary/aromatic N) is 4. The van der Waals surface area contributed by atoms with Crippen LogP contribution >= 0.6 is 11.3 Å². The van der Waals surface area contributed by atoms with E-state index in [2.05, 4.69) is 29.3 Å². The lowest BCUT2D eigenvalue weighted by Gasteiger charge is -2.12. The first-order valence-electron chi connectivity index (χ1n) is 9.74. The van der Waals surface area contributed by atoms with Crippen LogP contribution in [0.25, 0.3) is 26.7 Å². The minimum Gasteiger partial charge on any atom is -0.207 e. The maximum atomic E-state index is 15.0. The third-order valence-electron chi connectivity index (χ3n) is 5.27. The Labute approximate surface area is 177 Å². The molecule has 0 radical (unpaired) electrons. The quantitative estimate of drug-likeness (QED) is 0.356. The maximum Gasteiger partial charge on any atom is 0.235 e. The summed E-state index contributed by atoms with van der Waals surface area (Å²) in [6.07, 6.45) is 0. The number of aryl methyl sites for hydroxylation is 1. The van der Waals surface area contributed by atoms with Crippen LogP contribution in [0.2, 0.25) is 0 Å². The fourth-order valence-electron chi connectivity index (χ4n) is 3.54. The van der Waals surface area contributed by atoms with Crippen molar-refractivity contribution in [1.82, 2.24) is 19.8 Å². The Morgan fingerprint density at radius 3 is 2.33 bits per heavy atom. The van der Waals surface area contributed by atoms with Gasteiger partial charge in [-0.1, -0.05) is 90.6 Å². The van der Waals surface area contributed by atoms with Gasteiger partial charge in [-0.05, 0) is 29.7 Å². The number of halogens is 1. The summed E-state index contributed by atoms with van der Waals surface area (Å²) in [6.45, 7) is 3.99. The molecule has 0 fully saturated rings. The van der Waals surface area contributed by atoms with Crippen LogP contribution in [0.1, 0.15) is 29.8 Å². The van der Waals surface area contributed by atoms with Gasteiger partial charge in [0.05, 0.1) is 0 Å². The van der Waals surface area contributed by atoms with Crippen LogP contribution in [-0.4, -0.2) is 19.8 Å². The minimum atomic E-state index is -0.280. The summed E-state index contributed by atoms with van der Waals surface area (Å²) in [6, 6.07) is 23.4. The van der Waals surface area contributed by atoms with Crippen LogP contribution in [0.3, 0.4) is 0 Å². The van der Waals surface area contributed by atoms with Gasteiger partial charge in [-0.15, -0.1) is 10.2 Å². The molecule has 5 rings (SSSR count). The molecule has 0 aliphatic rings. The van der Waals surface area contributed by atoms with Crippen LogP contribution in [0.15, 0.2) is 72.8 Å². The Kier molecular flexibility index (Phi) is 4.64. The number of hydrogen-bond donors (Lipinski definition) is 0. The number of fused-ring (bicyclic) bond motifs is 1. The molecule has 30 heavy (non-hydrogen) atoms. The summed E-state index contributed by atoms with van der Waals surface area (Å²) in [7, 11) is 0. The van der Waals surface area contributed by atoms with E-state index < -0.39 is 0 Å². The Bertz CT molecular complexity index is 1320. The van der Waals surface area contributed by atoms with Crippen molar-refractivity contribution in [2.45, 2.75) is 19.8 Å². The Morgan fingerprint density at radius 1 is 0.867 bits per heavy atom. The van der Waals surface area contributed by atoms with Gasteiger partial charge in [0, 0.05) is 11.5 Å². The molecule has 1 unspecified atom stereocenters. The van der Waals surface area contributed by atoms with E-state index in [0.717, 1.165) is 21.7 Å². The zero-order chi connectivity index (χ0) is 20.7. The molecule has 0 aliphatic carbocycles. The molecule has 6 heteroatoms. The first-order valence-corrected chi connectivity index (χ1v) is 10.6. The molecule has 1 atom stereocenters. The van der Waals surface area contributed by atoms with Gasteiger partial charge < -0.3 is 0 Å².